The maximum Gasteiger partial charge on any atom is 0.128 e. The summed E-state index contributed by atoms with van der Waals surface area (Å²) in [6, 6.07) is 4.25. The third-order valence-electron chi connectivity index (χ3n) is 2.91. The fourth-order valence-electron chi connectivity index (χ4n) is 2.00. The zero-order valence-corrected chi connectivity index (χ0v) is 9.90. The van der Waals surface area contributed by atoms with E-state index in [0.29, 0.717) is 11.3 Å². The van der Waals surface area contributed by atoms with E-state index >= 15 is 0 Å². The molecule has 92 valence electrons. The Kier molecular flexibility index (Phi) is 3.79. The molecule has 0 bridgehead atoms. The number of hydrogen-bond donors (Lipinski definition) is 1. The first-order valence-corrected chi connectivity index (χ1v) is 5.97. The molecule has 2 nitrogen and oxygen atoms in total. The molecule has 2 rings (SSSR count). The minimum absolute atomic E-state index is 0.0111. The molecule has 3 heteroatoms. The highest BCUT2D eigenvalue weighted by Gasteiger charge is 2.15. The molecule has 1 N–H and O–H groups in total. The SMILES string of the molecule is C[C@H](O)c1ccc(F)cc1OC1C=CCCC1. The van der Waals surface area contributed by atoms with Gasteiger partial charge in [-0.15, -0.1) is 0 Å². The van der Waals surface area contributed by atoms with Crippen molar-refractivity contribution in [2.75, 3.05) is 0 Å². The summed E-state index contributed by atoms with van der Waals surface area (Å²) >= 11 is 0. The van der Waals surface area contributed by atoms with Crippen LogP contribution in [-0.4, -0.2) is 11.2 Å². The first kappa shape index (κ1) is 12.1. The van der Waals surface area contributed by atoms with Crippen molar-refractivity contribution in [3.63, 3.8) is 0 Å². The monoisotopic (exact) mass is 236 g/mol. The predicted octanol–water partition coefficient (Wildman–Crippen LogP) is 3.37. The summed E-state index contributed by atoms with van der Waals surface area (Å²) in [4.78, 5) is 0. The molecule has 0 amide bonds. The number of aliphatic hydroxyl groups excluding tert-OH is 1. The number of aliphatic hydroxyl groups is 1. The molecule has 0 saturated carbocycles. The van der Waals surface area contributed by atoms with Crippen LogP contribution in [0.25, 0.3) is 0 Å². The van der Waals surface area contributed by atoms with Gasteiger partial charge in [-0.05, 0) is 44.4 Å². The van der Waals surface area contributed by atoms with Gasteiger partial charge in [-0.2, -0.15) is 0 Å². The van der Waals surface area contributed by atoms with Gasteiger partial charge in [0.2, 0.25) is 0 Å². The van der Waals surface area contributed by atoms with Crippen LogP contribution in [0, 0.1) is 5.82 Å². The second-order valence-corrected chi connectivity index (χ2v) is 4.37. The zero-order chi connectivity index (χ0) is 12.3. The minimum atomic E-state index is -0.654. The van der Waals surface area contributed by atoms with Gasteiger partial charge in [-0.25, -0.2) is 4.39 Å². The second-order valence-electron chi connectivity index (χ2n) is 4.37. The molecule has 0 saturated heterocycles. The van der Waals surface area contributed by atoms with E-state index in [4.69, 9.17) is 4.74 Å². The van der Waals surface area contributed by atoms with Crippen molar-refractivity contribution in [3.8, 4) is 5.75 Å². The van der Waals surface area contributed by atoms with Gasteiger partial charge >= 0.3 is 0 Å². The number of halogens is 1. The van der Waals surface area contributed by atoms with Crippen LogP contribution in [0.2, 0.25) is 0 Å². The Morgan fingerprint density at radius 1 is 1.47 bits per heavy atom. The number of ether oxygens (including phenoxy) is 1. The van der Waals surface area contributed by atoms with Gasteiger partial charge < -0.3 is 9.84 Å². The highest BCUT2D eigenvalue weighted by atomic mass is 19.1. The maximum atomic E-state index is 13.2. The smallest absolute Gasteiger partial charge is 0.128 e. The van der Waals surface area contributed by atoms with Crippen molar-refractivity contribution in [1.29, 1.82) is 0 Å². The van der Waals surface area contributed by atoms with Gasteiger partial charge in [-0.3, -0.25) is 0 Å². The molecule has 1 aromatic rings. The number of rotatable bonds is 3. The molecule has 1 aliphatic rings. The van der Waals surface area contributed by atoms with Gasteiger partial charge in [0.15, 0.2) is 0 Å². The first-order chi connectivity index (χ1) is 8.16. The Bertz CT molecular complexity index is 413. The highest BCUT2D eigenvalue weighted by molar-refractivity contribution is 5.36. The lowest BCUT2D eigenvalue weighted by Crippen LogP contribution is -2.17. The van der Waals surface area contributed by atoms with Crippen molar-refractivity contribution in [2.45, 2.75) is 38.4 Å². The molecule has 1 aliphatic carbocycles. The minimum Gasteiger partial charge on any atom is -0.486 e. The quantitative estimate of drug-likeness (QED) is 0.815. The summed E-state index contributed by atoms with van der Waals surface area (Å²) in [5, 5.41) is 9.60. The van der Waals surface area contributed by atoms with E-state index in [1.165, 1.54) is 12.1 Å². The summed E-state index contributed by atoms with van der Waals surface area (Å²) < 4.78 is 18.9. The second kappa shape index (κ2) is 5.32. The van der Waals surface area contributed by atoms with Crippen molar-refractivity contribution in [2.24, 2.45) is 0 Å². The van der Waals surface area contributed by atoms with Crippen LogP contribution in [0.4, 0.5) is 4.39 Å². The van der Waals surface area contributed by atoms with Gasteiger partial charge in [0.25, 0.3) is 0 Å². The van der Waals surface area contributed by atoms with Crippen molar-refractivity contribution in [1.82, 2.24) is 0 Å². The van der Waals surface area contributed by atoms with E-state index in [0.717, 1.165) is 19.3 Å². The van der Waals surface area contributed by atoms with E-state index in [1.807, 2.05) is 6.08 Å². The van der Waals surface area contributed by atoms with Crippen LogP contribution in [0.15, 0.2) is 30.4 Å². The van der Waals surface area contributed by atoms with Gasteiger partial charge in [-0.1, -0.05) is 6.08 Å². The van der Waals surface area contributed by atoms with Crippen molar-refractivity contribution in [3.05, 3.63) is 41.7 Å². The Balaban J connectivity index is 2.20. The largest absolute Gasteiger partial charge is 0.486 e. The fraction of sp³-hybridized carbons (Fsp3) is 0.429. The third kappa shape index (κ3) is 3.07. The molecule has 2 atom stereocenters. The van der Waals surface area contributed by atoms with Crippen molar-refractivity contribution < 1.29 is 14.2 Å². The van der Waals surface area contributed by atoms with Crippen LogP contribution < -0.4 is 4.74 Å². The topological polar surface area (TPSA) is 29.5 Å². The normalized spacial score (nSPS) is 21.2. The van der Waals surface area contributed by atoms with Gasteiger partial charge in [0, 0.05) is 11.6 Å². The predicted molar refractivity (Wildman–Crippen MR) is 64.4 cm³/mol. The first-order valence-electron chi connectivity index (χ1n) is 5.97. The summed E-state index contributed by atoms with van der Waals surface area (Å²) in [6.45, 7) is 1.65. The molecule has 0 aromatic heterocycles. The molecule has 0 heterocycles. The molecule has 17 heavy (non-hydrogen) atoms. The average molecular weight is 236 g/mol. The lowest BCUT2D eigenvalue weighted by Gasteiger charge is -2.21. The molecule has 0 fully saturated rings. The van der Waals surface area contributed by atoms with Crippen LogP contribution in [-0.2, 0) is 0 Å². The summed E-state index contributed by atoms with van der Waals surface area (Å²) in [6.07, 6.45) is 6.51. The van der Waals surface area contributed by atoms with Gasteiger partial charge in [0.05, 0.1) is 6.10 Å². The Labute approximate surface area is 101 Å². The standard InChI is InChI=1S/C14H17FO2/c1-10(16)13-8-7-11(15)9-14(13)17-12-5-3-2-4-6-12/h3,5,7-10,12,16H,2,4,6H2,1H3/t10-,12?/m0/s1. The Morgan fingerprint density at radius 3 is 2.94 bits per heavy atom. The molecule has 0 aliphatic heterocycles. The number of benzene rings is 1. The van der Waals surface area contributed by atoms with Crippen molar-refractivity contribution >= 4 is 0 Å². The summed E-state index contributed by atoms with van der Waals surface area (Å²) in [5.74, 6) is 0.0979. The zero-order valence-electron chi connectivity index (χ0n) is 9.90. The average Bonchev–Trinajstić information content (AvgIpc) is 2.30. The fourth-order valence-corrected chi connectivity index (χ4v) is 2.00. The van der Waals surface area contributed by atoms with E-state index < -0.39 is 6.10 Å². The lowest BCUT2D eigenvalue weighted by atomic mass is 10.0. The van der Waals surface area contributed by atoms with Crippen LogP contribution >= 0.6 is 0 Å². The maximum absolute atomic E-state index is 13.2. The van der Waals surface area contributed by atoms with E-state index in [9.17, 15) is 9.50 Å². The van der Waals surface area contributed by atoms with E-state index in [2.05, 4.69) is 6.08 Å². The molecule has 0 radical (unpaired) electrons. The lowest BCUT2D eigenvalue weighted by molar-refractivity contribution is 0.180. The van der Waals surface area contributed by atoms with Crippen LogP contribution in [0.3, 0.4) is 0 Å². The Morgan fingerprint density at radius 2 is 2.29 bits per heavy atom. The highest BCUT2D eigenvalue weighted by Crippen LogP contribution is 2.28. The number of hydrogen-bond acceptors (Lipinski definition) is 2. The number of allylic oxidation sites excluding steroid dienone is 1. The van der Waals surface area contributed by atoms with Crippen LogP contribution in [0.1, 0.15) is 37.9 Å². The Hall–Kier alpha value is -1.35. The third-order valence-corrected chi connectivity index (χ3v) is 2.91. The molecular formula is C14H17FO2. The molecular weight excluding hydrogens is 219 g/mol. The summed E-state index contributed by atoms with van der Waals surface area (Å²) in [7, 11) is 0. The van der Waals surface area contributed by atoms with Crippen LogP contribution in [0.5, 0.6) is 5.75 Å². The van der Waals surface area contributed by atoms with Gasteiger partial charge in [0.1, 0.15) is 17.7 Å². The summed E-state index contributed by atoms with van der Waals surface area (Å²) in [5.41, 5.74) is 0.630. The molecule has 1 unspecified atom stereocenters. The van der Waals surface area contributed by atoms with E-state index in [1.54, 1.807) is 13.0 Å². The molecule has 1 aromatic carbocycles. The van der Waals surface area contributed by atoms with E-state index in [-0.39, 0.29) is 11.9 Å². The molecule has 0 spiro atoms.